The summed E-state index contributed by atoms with van der Waals surface area (Å²) in [5.41, 5.74) is 1.90. The van der Waals surface area contributed by atoms with E-state index in [0.29, 0.717) is 12.0 Å². The van der Waals surface area contributed by atoms with E-state index in [0.717, 1.165) is 16.3 Å². The average molecular weight is 386 g/mol. The highest BCUT2D eigenvalue weighted by molar-refractivity contribution is 7.09. The third-order valence-electron chi connectivity index (χ3n) is 3.87. The summed E-state index contributed by atoms with van der Waals surface area (Å²) in [6.07, 6.45) is 0.648. The van der Waals surface area contributed by atoms with Crippen LogP contribution in [0.2, 0.25) is 0 Å². The van der Waals surface area contributed by atoms with Crippen molar-refractivity contribution in [1.82, 2.24) is 10.3 Å². The van der Waals surface area contributed by atoms with Crippen molar-refractivity contribution < 1.29 is 18.4 Å². The van der Waals surface area contributed by atoms with Crippen LogP contribution in [0.5, 0.6) is 0 Å². The Bertz CT molecular complexity index is 937. The first kappa shape index (κ1) is 18.8. The van der Waals surface area contributed by atoms with Crippen LogP contribution in [0.3, 0.4) is 0 Å². The zero-order valence-electron chi connectivity index (χ0n) is 14.2. The van der Waals surface area contributed by atoms with Crippen molar-refractivity contribution in [2.45, 2.75) is 12.8 Å². The number of aromatic nitrogens is 1. The predicted molar refractivity (Wildman–Crippen MR) is 99.6 cm³/mol. The van der Waals surface area contributed by atoms with E-state index in [1.165, 1.54) is 47.7 Å². The highest BCUT2D eigenvalue weighted by Gasteiger charge is 2.10. The Morgan fingerprint density at radius 1 is 0.963 bits per heavy atom. The lowest BCUT2D eigenvalue weighted by molar-refractivity contribution is -0.120. The fourth-order valence-corrected chi connectivity index (χ4v) is 3.21. The SMILES string of the molecule is O=C(CCc1nc(-c2ccc(F)cc2)cs1)NCC(=O)c1ccc(F)cc1. The van der Waals surface area contributed by atoms with E-state index in [1.54, 1.807) is 12.1 Å². The number of nitrogens with zero attached hydrogens (tertiary/aromatic N) is 1. The third-order valence-corrected chi connectivity index (χ3v) is 4.78. The van der Waals surface area contributed by atoms with Gasteiger partial charge in [-0.3, -0.25) is 9.59 Å². The molecule has 0 atom stereocenters. The number of amides is 1. The molecule has 7 heteroatoms. The van der Waals surface area contributed by atoms with Gasteiger partial charge >= 0.3 is 0 Å². The molecule has 0 saturated carbocycles. The molecular formula is C20H16F2N2O2S. The molecule has 2 aromatic carbocycles. The number of carbonyl (C=O) groups is 2. The van der Waals surface area contributed by atoms with E-state index in [9.17, 15) is 18.4 Å². The van der Waals surface area contributed by atoms with Crippen LogP contribution in [0.4, 0.5) is 8.78 Å². The zero-order valence-corrected chi connectivity index (χ0v) is 15.1. The first-order chi connectivity index (χ1) is 13.0. The quantitative estimate of drug-likeness (QED) is 0.624. The Labute approximate surface area is 158 Å². The Kier molecular flexibility index (Phi) is 6.03. The van der Waals surface area contributed by atoms with Crippen molar-refractivity contribution >= 4 is 23.0 Å². The molecule has 0 fully saturated rings. The van der Waals surface area contributed by atoms with Crippen LogP contribution in [0.1, 0.15) is 21.8 Å². The maximum absolute atomic E-state index is 13.0. The molecule has 0 saturated heterocycles. The van der Waals surface area contributed by atoms with E-state index in [-0.39, 0.29) is 30.5 Å². The molecule has 1 heterocycles. The molecule has 27 heavy (non-hydrogen) atoms. The van der Waals surface area contributed by atoms with Gasteiger partial charge in [-0.05, 0) is 48.5 Å². The number of Topliss-reactive ketones (excluding diaryl/α,β-unsaturated/α-hetero) is 1. The lowest BCUT2D eigenvalue weighted by Crippen LogP contribution is -2.29. The van der Waals surface area contributed by atoms with Crippen molar-refractivity contribution in [3.8, 4) is 11.3 Å². The second kappa shape index (κ2) is 8.64. The smallest absolute Gasteiger partial charge is 0.220 e. The van der Waals surface area contributed by atoms with Gasteiger partial charge in [-0.1, -0.05) is 0 Å². The molecule has 1 N–H and O–H groups in total. The van der Waals surface area contributed by atoms with Crippen molar-refractivity contribution in [3.05, 3.63) is 76.1 Å². The van der Waals surface area contributed by atoms with Crippen molar-refractivity contribution in [2.75, 3.05) is 6.54 Å². The summed E-state index contributed by atoms with van der Waals surface area (Å²) in [4.78, 5) is 28.3. The van der Waals surface area contributed by atoms with Gasteiger partial charge in [0.05, 0.1) is 17.2 Å². The van der Waals surface area contributed by atoms with Crippen LogP contribution in [0, 0.1) is 11.6 Å². The third kappa shape index (κ3) is 5.27. The molecule has 0 aliphatic rings. The molecule has 1 aromatic heterocycles. The van der Waals surface area contributed by atoms with Crippen molar-refractivity contribution in [2.24, 2.45) is 0 Å². The van der Waals surface area contributed by atoms with Gasteiger partial charge in [0.1, 0.15) is 11.6 Å². The predicted octanol–water partition coefficient (Wildman–Crippen LogP) is 4.02. The van der Waals surface area contributed by atoms with Gasteiger partial charge in [-0.2, -0.15) is 0 Å². The minimum absolute atomic E-state index is 0.136. The number of hydrogen-bond acceptors (Lipinski definition) is 4. The van der Waals surface area contributed by atoms with Crippen molar-refractivity contribution in [1.29, 1.82) is 0 Å². The molecule has 138 valence electrons. The molecule has 0 unspecified atom stereocenters. The molecule has 0 aliphatic carbocycles. The normalized spacial score (nSPS) is 10.6. The van der Waals surface area contributed by atoms with E-state index >= 15 is 0 Å². The van der Waals surface area contributed by atoms with Crippen molar-refractivity contribution in [3.63, 3.8) is 0 Å². The number of benzene rings is 2. The Hall–Kier alpha value is -2.93. The number of thiazole rings is 1. The number of ketones is 1. The molecule has 0 spiro atoms. The van der Waals surface area contributed by atoms with Gasteiger partial charge in [0, 0.05) is 29.3 Å². The highest BCUT2D eigenvalue weighted by atomic mass is 32.1. The number of nitrogens with one attached hydrogen (secondary N) is 1. The number of hydrogen-bond donors (Lipinski definition) is 1. The lowest BCUT2D eigenvalue weighted by Gasteiger charge is -2.04. The molecule has 1 amide bonds. The van der Waals surface area contributed by atoms with Crippen LogP contribution >= 0.6 is 11.3 Å². The van der Waals surface area contributed by atoms with Gasteiger partial charge in [0.25, 0.3) is 0 Å². The molecule has 0 bridgehead atoms. The zero-order chi connectivity index (χ0) is 19.2. The molecule has 3 aromatic rings. The largest absolute Gasteiger partial charge is 0.349 e. The van der Waals surface area contributed by atoms with Gasteiger partial charge in [-0.25, -0.2) is 13.8 Å². The average Bonchev–Trinajstić information content (AvgIpc) is 3.14. The van der Waals surface area contributed by atoms with Gasteiger partial charge in [-0.15, -0.1) is 11.3 Å². The summed E-state index contributed by atoms with van der Waals surface area (Å²) in [5.74, 6) is -1.26. The minimum atomic E-state index is -0.418. The topological polar surface area (TPSA) is 59.1 Å². The van der Waals surface area contributed by atoms with E-state index in [2.05, 4.69) is 10.3 Å². The van der Waals surface area contributed by atoms with Gasteiger partial charge < -0.3 is 5.32 Å². The Morgan fingerprint density at radius 2 is 1.59 bits per heavy atom. The number of aryl methyl sites for hydroxylation is 1. The van der Waals surface area contributed by atoms with Crippen LogP contribution in [-0.2, 0) is 11.2 Å². The number of rotatable bonds is 7. The van der Waals surface area contributed by atoms with E-state index in [1.807, 2.05) is 5.38 Å². The van der Waals surface area contributed by atoms with Gasteiger partial charge in [0.2, 0.25) is 5.91 Å². The Balaban J connectivity index is 1.47. The maximum atomic E-state index is 13.0. The molecule has 4 nitrogen and oxygen atoms in total. The first-order valence-corrected chi connectivity index (χ1v) is 9.15. The Morgan fingerprint density at radius 3 is 2.26 bits per heavy atom. The van der Waals surface area contributed by atoms with E-state index < -0.39 is 5.82 Å². The van der Waals surface area contributed by atoms with Gasteiger partial charge in [0.15, 0.2) is 5.78 Å². The fraction of sp³-hybridized carbons (Fsp3) is 0.150. The summed E-state index contributed by atoms with van der Waals surface area (Å²) in [6.45, 7) is -0.136. The summed E-state index contributed by atoms with van der Waals surface area (Å²) in [7, 11) is 0. The molecule has 0 radical (unpaired) electrons. The number of halogens is 2. The molecular weight excluding hydrogens is 370 g/mol. The van der Waals surface area contributed by atoms with Crippen LogP contribution in [0.15, 0.2) is 53.9 Å². The lowest BCUT2D eigenvalue weighted by atomic mass is 10.1. The second-order valence-corrected chi connectivity index (χ2v) is 6.78. The van der Waals surface area contributed by atoms with Crippen LogP contribution < -0.4 is 5.32 Å². The monoisotopic (exact) mass is 386 g/mol. The molecule has 0 aliphatic heterocycles. The minimum Gasteiger partial charge on any atom is -0.349 e. The summed E-state index contributed by atoms with van der Waals surface area (Å²) in [5, 5.41) is 5.21. The van der Waals surface area contributed by atoms with E-state index in [4.69, 9.17) is 0 Å². The van der Waals surface area contributed by atoms with Crippen LogP contribution in [-0.4, -0.2) is 23.2 Å². The molecule has 3 rings (SSSR count). The maximum Gasteiger partial charge on any atom is 0.220 e. The number of carbonyl (C=O) groups excluding carboxylic acids is 2. The summed E-state index contributed by atoms with van der Waals surface area (Å²) in [6, 6.07) is 11.2. The summed E-state index contributed by atoms with van der Waals surface area (Å²) < 4.78 is 25.8. The van der Waals surface area contributed by atoms with Crippen LogP contribution in [0.25, 0.3) is 11.3 Å². The fourth-order valence-electron chi connectivity index (χ4n) is 2.40. The summed E-state index contributed by atoms with van der Waals surface area (Å²) >= 11 is 1.43. The standard InChI is InChI=1S/C20H16F2N2O2S/c21-15-5-1-13(2-6-15)17-12-27-20(24-17)10-9-19(26)23-11-18(25)14-3-7-16(22)8-4-14/h1-8,12H,9-11H2,(H,23,26). The second-order valence-electron chi connectivity index (χ2n) is 5.84. The highest BCUT2D eigenvalue weighted by Crippen LogP contribution is 2.22. The first-order valence-electron chi connectivity index (χ1n) is 8.27.